The molecule has 3 nitrogen and oxygen atoms in total. The fraction of sp³-hybridized carbons (Fsp3) is 0.625. The zero-order valence-electron chi connectivity index (χ0n) is 9.29. The van der Waals surface area contributed by atoms with Crippen molar-refractivity contribution in [3.63, 3.8) is 0 Å². The van der Waals surface area contributed by atoms with Crippen LogP contribution >= 0.6 is 0 Å². The number of hydrogen-bond donors (Lipinski definition) is 1. The zero-order chi connectivity index (χ0) is 11.1. The lowest BCUT2D eigenvalue weighted by Crippen LogP contribution is -2.46. The van der Waals surface area contributed by atoms with Gasteiger partial charge in [0.15, 0.2) is 0 Å². The first-order chi connectivity index (χ1) is 6.29. The molecule has 0 radical (unpaired) electrons. The summed E-state index contributed by atoms with van der Waals surface area (Å²) in [5.74, 6) is 1.57. The van der Waals surface area contributed by atoms with Crippen LogP contribution in [-0.4, -0.2) is 29.9 Å². The number of amides is 1. The van der Waals surface area contributed by atoms with E-state index in [-0.39, 0.29) is 6.42 Å². The summed E-state index contributed by atoms with van der Waals surface area (Å²) in [4.78, 5) is 12.6. The molecule has 1 heterocycles. The number of carbonyl (C=O) groups is 1. The maximum atomic E-state index is 11.6. The molecule has 0 saturated carbocycles. The molecule has 1 aliphatic rings. The first kappa shape index (κ1) is 4.78. The average molecular weight is 155 g/mol. The minimum absolute atomic E-state index is 0.196. The molecule has 1 amide bonds. The molecule has 0 bridgehead atoms. The predicted molar refractivity (Wildman–Crippen MR) is 42.6 cm³/mol. The van der Waals surface area contributed by atoms with Gasteiger partial charge < -0.3 is 10.6 Å². The van der Waals surface area contributed by atoms with Crippen LogP contribution in [0.5, 0.6) is 0 Å². The summed E-state index contributed by atoms with van der Waals surface area (Å²) in [7, 11) is 1.35. The number of likely N-dealkylation sites (tertiary alicyclic amines) is 1. The molecule has 2 atom stereocenters. The van der Waals surface area contributed by atoms with Gasteiger partial charge in [-0.3, -0.25) is 4.79 Å². The van der Waals surface area contributed by atoms with Gasteiger partial charge in [0.05, 0.1) is 0 Å². The van der Waals surface area contributed by atoms with Gasteiger partial charge in [-0.15, -0.1) is 12.3 Å². The van der Waals surface area contributed by atoms with E-state index in [0.717, 1.165) is 4.90 Å². The Balaban J connectivity index is 3.19. The van der Waals surface area contributed by atoms with Gasteiger partial charge in [-0.25, -0.2) is 0 Å². The summed E-state index contributed by atoms with van der Waals surface area (Å²) < 4.78 is 22.7. The predicted octanol–water partition coefficient (Wildman–Crippen LogP) is -0.431. The lowest BCUT2D eigenvalue weighted by atomic mass is 9.95. The normalized spacial score (nSPS) is 45.9. The molecule has 0 aromatic carbocycles. The topological polar surface area (TPSA) is 46.3 Å². The van der Waals surface area contributed by atoms with Gasteiger partial charge in [-0.1, -0.05) is 0 Å². The van der Waals surface area contributed by atoms with E-state index in [1.54, 1.807) is 0 Å². The largest absolute Gasteiger partial charge is 0.344 e. The minimum Gasteiger partial charge on any atom is -0.344 e. The molecule has 0 aliphatic carbocycles. The molecule has 60 valence electrons. The van der Waals surface area contributed by atoms with E-state index >= 15 is 0 Å². The van der Waals surface area contributed by atoms with Gasteiger partial charge in [0.25, 0.3) is 0 Å². The Hall–Kier alpha value is -1.01. The van der Waals surface area contributed by atoms with E-state index in [1.165, 1.54) is 7.05 Å². The summed E-state index contributed by atoms with van der Waals surface area (Å²) in [5.41, 5.74) is 3.88. The number of nitrogens with zero attached hydrogens (tertiary/aromatic N) is 1. The Morgan fingerprint density at radius 2 is 2.73 bits per heavy atom. The van der Waals surface area contributed by atoms with Crippen molar-refractivity contribution in [1.82, 2.24) is 4.90 Å². The molecule has 1 aliphatic heterocycles. The van der Waals surface area contributed by atoms with Gasteiger partial charge >= 0.3 is 0 Å². The highest BCUT2D eigenvalue weighted by molar-refractivity contribution is 5.88. The van der Waals surface area contributed by atoms with E-state index in [1.807, 2.05) is 0 Å². The lowest BCUT2D eigenvalue weighted by molar-refractivity contribution is -0.130. The molecule has 1 saturated heterocycles. The summed E-state index contributed by atoms with van der Waals surface area (Å²) in [6.45, 7) is -1.30. The van der Waals surface area contributed by atoms with Crippen molar-refractivity contribution < 1.29 is 8.91 Å². The van der Waals surface area contributed by atoms with E-state index in [9.17, 15) is 4.79 Å². The lowest BCUT2D eigenvalue weighted by Gasteiger charge is -2.18. The molecule has 0 aromatic heterocycles. The summed E-state index contributed by atoms with van der Waals surface area (Å²) in [5, 5.41) is 0. The van der Waals surface area contributed by atoms with Gasteiger partial charge in [-0.05, 0) is 6.37 Å². The number of nitrogens with two attached hydrogens (primary N) is 1. The zero-order valence-corrected chi connectivity index (χ0v) is 6.29. The van der Waals surface area contributed by atoms with Crippen LogP contribution in [0, 0.1) is 12.3 Å². The van der Waals surface area contributed by atoms with Crippen LogP contribution in [0.15, 0.2) is 0 Å². The fourth-order valence-corrected chi connectivity index (χ4v) is 0.935. The number of rotatable bonds is 1. The van der Waals surface area contributed by atoms with Gasteiger partial charge in [-0.2, -0.15) is 0 Å². The maximum Gasteiger partial charge on any atom is 0.243 e. The van der Waals surface area contributed by atoms with Crippen LogP contribution in [0.25, 0.3) is 0 Å². The van der Waals surface area contributed by atoms with Crippen LogP contribution in [0.4, 0.5) is 0 Å². The molecule has 2 N–H and O–H groups in total. The van der Waals surface area contributed by atoms with Crippen LogP contribution in [0.1, 0.15) is 16.9 Å². The fourth-order valence-electron chi connectivity index (χ4n) is 0.935. The minimum atomic E-state index is -2.12. The molecule has 1 fully saturated rings. The van der Waals surface area contributed by atoms with Crippen molar-refractivity contribution in [2.24, 2.45) is 5.73 Å². The van der Waals surface area contributed by atoms with E-state index < -0.39 is 24.3 Å². The highest BCUT2D eigenvalue weighted by Gasteiger charge is 2.40. The molecular weight excluding hydrogens is 140 g/mol. The van der Waals surface area contributed by atoms with Crippen molar-refractivity contribution in [3.8, 4) is 12.3 Å². The quantitative estimate of drug-likeness (QED) is 0.522. The molecule has 0 aromatic rings. The number of carbonyl (C=O) groups excluding carboxylic acids is 1. The second-order valence-electron chi connectivity index (χ2n) is 2.54. The van der Waals surface area contributed by atoms with Crippen molar-refractivity contribution in [2.75, 3.05) is 13.6 Å². The molecule has 11 heavy (non-hydrogen) atoms. The number of hydrogen-bond acceptors (Lipinski definition) is 2. The highest BCUT2D eigenvalue weighted by Crippen LogP contribution is 2.21. The van der Waals surface area contributed by atoms with Crippen molar-refractivity contribution in [1.29, 1.82) is 0 Å². The van der Waals surface area contributed by atoms with Gasteiger partial charge in [0.2, 0.25) is 5.91 Å². The second-order valence-corrected chi connectivity index (χ2v) is 2.54. The molecule has 1 unspecified atom stereocenters. The highest BCUT2D eigenvalue weighted by atomic mass is 16.2. The Labute approximate surface area is 70.8 Å². The Kier molecular flexibility index (Phi) is 1.11. The molecular formula is C8H12N2O. The van der Waals surface area contributed by atoms with Crippen LogP contribution in [0.2, 0.25) is 0 Å². The third kappa shape index (κ3) is 1.22. The summed E-state index contributed by atoms with van der Waals surface area (Å²) in [6, 6.07) is 0. The summed E-state index contributed by atoms with van der Waals surface area (Å²) >= 11 is 0. The Morgan fingerprint density at radius 3 is 3.09 bits per heavy atom. The van der Waals surface area contributed by atoms with E-state index in [2.05, 4.69) is 5.92 Å². The maximum absolute atomic E-state index is 11.6. The summed E-state index contributed by atoms with van der Waals surface area (Å²) in [6.07, 6.45) is 2.72. The smallest absolute Gasteiger partial charge is 0.243 e. The number of terminal acetylenes is 1. The van der Waals surface area contributed by atoms with E-state index in [0.29, 0.717) is 0 Å². The van der Waals surface area contributed by atoms with Crippen LogP contribution < -0.4 is 5.73 Å². The van der Waals surface area contributed by atoms with Gasteiger partial charge in [0, 0.05) is 24.1 Å². The van der Waals surface area contributed by atoms with Gasteiger partial charge in [0.1, 0.15) is 5.54 Å². The molecule has 0 spiro atoms. The SMILES string of the molecule is [2H]C1N(C)C(=O)[C@@](N)(CC#C)C1([2H])[2H]. The monoisotopic (exact) mass is 155 g/mol. The van der Waals surface area contributed by atoms with Crippen LogP contribution in [-0.2, 0) is 4.79 Å². The first-order valence-electron chi connectivity index (χ1n) is 4.78. The second kappa shape index (κ2) is 2.55. The van der Waals surface area contributed by atoms with Crippen LogP contribution in [0.3, 0.4) is 0 Å². The average Bonchev–Trinajstić information content (AvgIpc) is 2.22. The molecule has 1 rings (SSSR count). The van der Waals surface area contributed by atoms with Crippen molar-refractivity contribution in [2.45, 2.75) is 18.3 Å². The van der Waals surface area contributed by atoms with Crippen molar-refractivity contribution in [3.05, 3.63) is 0 Å². The van der Waals surface area contributed by atoms with E-state index in [4.69, 9.17) is 16.3 Å². The third-order valence-electron chi connectivity index (χ3n) is 1.60. The Bertz CT molecular complexity index is 312. The third-order valence-corrected chi connectivity index (χ3v) is 1.60. The number of likely N-dealkylation sites (N-methyl/N-ethyl adjacent to an activating group) is 1. The molecule has 3 heteroatoms. The first-order valence-corrected chi connectivity index (χ1v) is 3.21. The Morgan fingerprint density at radius 1 is 2.09 bits per heavy atom. The van der Waals surface area contributed by atoms with Crippen molar-refractivity contribution >= 4 is 5.91 Å². The standard InChI is InChI=1S/C8H12N2O/c1-3-4-8(9)5-6-10(2)7(8)11/h1H,4-6,9H2,2H3/t8-/m1/s1/i5D2,6D/t6?,8-.